The smallest absolute Gasteiger partial charge is 0.422 e. The number of carbonyl (C=O) groups is 1. The molecule has 5 nitrogen and oxygen atoms in total. The molecule has 0 fully saturated rings. The summed E-state index contributed by atoms with van der Waals surface area (Å²) < 4.78 is 41.5. The Morgan fingerprint density at radius 2 is 2.00 bits per heavy atom. The number of anilines is 1. The zero-order valence-electron chi connectivity index (χ0n) is 11.1. The molecule has 8 heteroatoms. The number of ether oxygens (including phenoxy) is 1. The van der Waals surface area contributed by atoms with Crippen LogP contribution in [0.1, 0.15) is 31.3 Å². The number of rotatable bonds is 3. The number of nitrogens with zero attached hydrogens (tertiary/aromatic N) is 2. The lowest BCUT2D eigenvalue weighted by Crippen LogP contribution is -2.23. The maximum Gasteiger partial charge on any atom is 0.422 e. The van der Waals surface area contributed by atoms with Crippen LogP contribution in [0.4, 0.5) is 23.7 Å². The highest BCUT2D eigenvalue weighted by Gasteiger charge is 2.30. The summed E-state index contributed by atoms with van der Waals surface area (Å²) in [6, 6.07) is 0.0837. The highest BCUT2D eigenvalue weighted by atomic mass is 19.4. The van der Waals surface area contributed by atoms with Crippen molar-refractivity contribution in [1.29, 1.82) is 0 Å². The molecule has 0 saturated heterocycles. The van der Waals surface area contributed by atoms with Gasteiger partial charge in [0.25, 0.3) is 0 Å². The molecule has 0 saturated carbocycles. The van der Waals surface area contributed by atoms with Gasteiger partial charge in [0.05, 0.1) is 17.1 Å². The second-order valence-electron chi connectivity index (χ2n) is 4.40. The summed E-state index contributed by atoms with van der Waals surface area (Å²) in [7, 11) is 0. The van der Waals surface area contributed by atoms with E-state index in [0.717, 1.165) is 0 Å². The van der Waals surface area contributed by atoms with Gasteiger partial charge in [-0.1, -0.05) is 0 Å². The zero-order valence-corrected chi connectivity index (χ0v) is 11.1. The Kier molecular flexibility index (Phi) is 4.43. The van der Waals surface area contributed by atoms with Gasteiger partial charge in [-0.2, -0.15) is 18.3 Å². The van der Waals surface area contributed by atoms with Gasteiger partial charge in [0.15, 0.2) is 6.61 Å². The topological polar surface area (TPSA) is 56.2 Å². The second-order valence-corrected chi connectivity index (χ2v) is 4.40. The summed E-state index contributed by atoms with van der Waals surface area (Å²) in [5.74, 6) is 0. The Morgan fingerprint density at radius 1 is 1.42 bits per heavy atom. The Bertz CT molecular complexity index is 466. The van der Waals surface area contributed by atoms with Crippen molar-refractivity contribution in [3.63, 3.8) is 0 Å². The molecule has 108 valence electrons. The minimum Gasteiger partial charge on any atom is -0.440 e. The average molecular weight is 279 g/mol. The molecule has 0 radical (unpaired) electrons. The molecule has 0 unspecified atom stereocenters. The summed E-state index contributed by atoms with van der Waals surface area (Å²) in [4.78, 5) is 11.3. The molecule has 0 spiro atoms. The molecule has 19 heavy (non-hydrogen) atoms. The normalized spacial score (nSPS) is 11.8. The third kappa shape index (κ3) is 4.15. The molecule has 0 aromatic carbocycles. The maximum atomic E-state index is 11.9. The van der Waals surface area contributed by atoms with Gasteiger partial charge in [0, 0.05) is 6.04 Å². The van der Waals surface area contributed by atoms with Crippen LogP contribution in [-0.4, -0.2) is 28.7 Å². The van der Waals surface area contributed by atoms with Gasteiger partial charge in [-0.3, -0.25) is 10.00 Å². The molecule has 1 rings (SSSR count). The van der Waals surface area contributed by atoms with Gasteiger partial charge in [-0.05, 0) is 27.7 Å². The van der Waals surface area contributed by atoms with Crippen molar-refractivity contribution in [3.05, 3.63) is 11.4 Å². The number of nitrogens with one attached hydrogen (secondary N) is 1. The van der Waals surface area contributed by atoms with Crippen LogP contribution >= 0.6 is 0 Å². The fraction of sp³-hybridized carbons (Fsp3) is 0.636. The van der Waals surface area contributed by atoms with Crippen molar-refractivity contribution in [1.82, 2.24) is 9.78 Å². The molecule has 0 bridgehead atoms. The minimum atomic E-state index is -4.54. The van der Waals surface area contributed by atoms with Crippen LogP contribution in [0.2, 0.25) is 0 Å². The third-order valence-electron chi connectivity index (χ3n) is 2.41. The van der Waals surface area contributed by atoms with Crippen molar-refractivity contribution in [2.24, 2.45) is 0 Å². The molecule has 1 aromatic heterocycles. The number of halogens is 3. The fourth-order valence-corrected chi connectivity index (χ4v) is 1.63. The lowest BCUT2D eigenvalue weighted by Gasteiger charge is -2.10. The number of carbonyl (C=O) groups excluding carboxylic acids is 1. The first-order valence-corrected chi connectivity index (χ1v) is 5.68. The lowest BCUT2D eigenvalue weighted by atomic mass is 10.3. The number of hydrogen-bond acceptors (Lipinski definition) is 3. The van der Waals surface area contributed by atoms with Gasteiger partial charge in [0.1, 0.15) is 0 Å². The highest BCUT2D eigenvalue weighted by molar-refractivity contribution is 5.86. The second kappa shape index (κ2) is 5.50. The van der Waals surface area contributed by atoms with E-state index in [1.807, 2.05) is 13.8 Å². The van der Waals surface area contributed by atoms with Crippen molar-refractivity contribution >= 4 is 11.8 Å². The molecule has 1 N–H and O–H groups in total. The van der Waals surface area contributed by atoms with Crippen LogP contribution in [0.15, 0.2) is 0 Å². The molecule has 1 aromatic rings. The first kappa shape index (κ1) is 15.3. The van der Waals surface area contributed by atoms with E-state index in [2.05, 4.69) is 15.2 Å². The Balaban J connectivity index is 2.75. The van der Waals surface area contributed by atoms with Crippen molar-refractivity contribution in [2.75, 3.05) is 11.9 Å². The monoisotopic (exact) mass is 279 g/mol. The number of hydrogen-bond donors (Lipinski definition) is 1. The summed E-state index contributed by atoms with van der Waals surface area (Å²) in [5.41, 5.74) is 1.56. The van der Waals surface area contributed by atoms with Crippen molar-refractivity contribution in [3.8, 4) is 0 Å². The first-order chi connectivity index (χ1) is 8.61. The van der Waals surface area contributed by atoms with E-state index in [1.54, 1.807) is 18.5 Å². The summed E-state index contributed by atoms with van der Waals surface area (Å²) in [6.07, 6.45) is -5.68. The number of amides is 1. The maximum absolute atomic E-state index is 11.9. The van der Waals surface area contributed by atoms with E-state index in [1.165, 1.54) is 0 Å². The van der Waals surface area contributed by atoms with E-state index < -0.39 is 18.9 Å². The van der Waals surface area contributed by atoms with Gasteiger partial charge >= 0.3 is 12.3 Å². The van der Waals surface area contributed by atoms with Crippen LogP contribution in [0, 0.1) is 13.8 Å². The number of alkyl halides is 3. The van der Waals surface area contributed by atoms with E-state index in [0.29, 0.717) is 17.1 Å². The van der Waals surface area contributed by atoms with E-state index in [-0.39, 0.29) is 6.04 Å². The largest absolute Gasteiger partial charge is 0.440 e. The summed E-state index contributed by atoms with van der Waals surface area (Å²) in [5, 5.41) is 6.48. The zero-order chi connectivity index (χ0) is 14.8. The molecule has 0 aliphatic rings. The van der Waals surface area contributed by atoms with Gasteiger partial charge < -0.3 is 4.74 Å². The van der Waals surface area contributed by atoms with E-state index in [4.69, 9.17) is 0 Å². The third-order valence-corrected chi connectivity index (χ3v) is 2.41. The highest BCUT2D eigenvalue weighted by Crippen LogP contribution is 2.23. The predicted molar refractivity (Wildman–Crippen MR) is 63.1 cm³/mol. The molecule has 0 atom stereocenters. The van der Waals surface area contributed by atoms with Gasteiger partial charge in [0.2, 0.25) is 0 Å². The molecule has 0 aliphatic carbocycles. The quantitative estimate of drug-likeness (QED) is 0.924. The Hall–Kier alpha value is -1.73. The fourth-order valence-electron chi connectivity index (χ4n) is 1.63. The number of aromatic nitrogens is 2. The van der Waals surface area contributed by atoms with Crippen LogP contribution in [-0.2, 0) is 4.74 Å². The average Bonchev–Trinajstić information content (AvgIpc) is 2.53. The van der Waals surface area contributed by atoms with E-state index >= 15 is 0 Å². The standard InChI is InChI=1S/C11H16F3N3O2/c1-6(2)17-8(4)9(7(3)16-17)15-10(18)19-5-11(12,13)14/h6H,5H2,1-4H3,(H,15,18). The van der Waals surface area contributed by atoms with Crippen LogP contribution in [0.25, 0.3) is 0 Å². The molecular formula is C11H16F3N3O2. The van der Waals surface area contributed by atoms with Gasteiger partial charge in [-0.25, -0.2) is 4.79 Å². The summed E-state index contributed by atoms with van der Waals surface area (Å²) in [6.45, 7) is 5.58. The van der Waals surface area contributed by atoms with Crippen molar-refractivity contribution < 1.29 is 22.7 Å². The molecule has 1 amide bonds. The first-order valence-electron chi connectivity index (χ1n) is 5.68. The molecular weight excluding hydrogens is 263 g/mol. The van der Waals surface area contributed by atoms with Gasteiger partial charge in [-0.15, -0.1) is 0 Å². The number of aryl methyl sites for hydroxylation is 1. The molecule has 1 heterocycles. The predicted octanol–water partition coefficient (Wildman–Crippen LogP) is 3.19. The Morgan fingerprint density at radius 3 is 2.42 bits per heavy atom. The van der Waals surface area contributed by atoms with Crippen LogP contribution < -0.4 is 5.32 Å². The molecule has 0 aliphatic heterocycles. The van der Waals surface area contributed by atoms with Crippen molar-refractivity contribution in [2.45, 2.75) is 39.9 Å². The van der Waals surface area contributed by atoms with Crippen LogP contribution in [0.3, 0.4) is 0 Å². The summed E-state index contributed by atoms with van der Waals surface area (Å²) >= 11 is 0. The van der Waals surface area contributed by atoms with E-state index in [9.17, 15) is 18.0 Å². The lowest BCUT2D eigenvalue weighted by molar-refractivity contribution is -0.159. The SMILES string of the molecule is Cc1nn(C(C)C)c(C)c1NC(=O)OCC(F)(F)F. The Labute approximate surface area is 108 Å². The van der Waals surface area contributed by atoms with Crippen LogP contribution in [0.5, 0.6) is 0 Å². The minimum absolute atomic E-state index is 0.0837.